The average molecular weight is 523 g/mol. The number of piperazine rings is 1. The molecule has 3 heterocycles. The van der Waals surface area contributed by atoms with Gasteiger partial charge in [-0.15, -0.1) is 0 Å². The molecule has 0 aliphatic carbocycles. The number of carbonyl (C=O) groups excluding carboxylic acids is 1. The summed E-state index contributed by atoms with van der Waals surface area (Å²) >= 11 is 0. The van der Waals surface area contributed by atoms with Crippen LogP contribution in [0.5, 0.6) is 0 Å². The molecule has 0 bridgehead atoms. The zero-order valence-corrected chi connectivity index (χ0v) is 19.8. The molecule has 2 aromatic heterocycles. The average Bonchev–Trinajstić information content (AvgIpc) is 3.43. The van der Waals surface area contributed by atoms with Crippen LogP contribution in [0.25, 0.3) is 22.4 Å². The van der Waals surface area contributed by atoms with Crippen molar-refractivity contribution in [2.75, 3.05) is 31.1 Å². The van der Waals surface area contributed by atoms with Crippen LogP contribution in [0.4, 0.5) is 24.9 Å². The number of amides is 1. The first-order valence-electron chi connectivity index (χ1n) is 11.6. The van der Waals surface area contributed by atoms with Gasteiger partial charge in [0.1, 0.15) is 10.7 Å². The summed E-state index contributed by atoms with van der Waals surface area (Å²) in [6.07, 6.45) is -4.78. The van der Waals surface area contributed by atoms with Crippen molar-refractivity contribution >= 4 is 17.6 Å². The Hall–Kier alpha value is -4.74. The molecule has 4 aromatic rings. The molecule has 1 amide bonds. The topological polar surface area (TPSA) is 106 Å². The highest BCUT2D eigenvalue weighted by atomic mass is 19.4. The van der Waals surface area contributed by atoms with Crippen LogP contribution in [-0.4, -0.2) is 51.9 Å². The first-order chi connectivity index (χ1) is 18.2. The molecule has 0 spiro atoms. The van der Waals surface area contributed by atoms with Gasteiger partial charge in [0, 0.05) is 31.7 Å². The Labute approximate surface area is 214 Å². The van der Waals surface area contributed by atoms with E-state index < -0.39 is 28.7 Å². The summed E-state index contributed by atoms with van der Waals surface area (Å²) in [7, 11) is 0. The molecule has 2 aromatic carbocycles. The molecule has 0 saturated carbocycles. The lowest BCUT2D eigenvalue weighted by Crippen LogP contribution is -2.49. The molecule has 0 unspecified atom stereocenters. The number of rotatable bonds is 5. The summed E-state index contributed by atoms with van der Waals surface area (Å²) in [6, 6.07) is 19.9. The highest BCUT2D eigenvalue weighted by Gasteiger charge is 2.38. The predicted molar refractivity (Wildman–Crippen MR) is 131 cm³/mol. The Balaban J connectivity index is 1.53. The lowest BCUT2D eigenvalue weighted by atomic mass is 9.98. The van der Waals surface area contributed by atoms with Gasteiger partial charge < -0.3 is 14.2 Å². The Bertz CT molecular complexity index is 1470. The van der Waals surface area contributed by atoms with E-state index in [2.05, 4.69) is 9.97 Å². The lowest BCUT2D eigenvalue weighted by molar-refractivity contribution is -0.402. The minimum Gasteiger partial charge on any atom is -0.395 e. The minimum absolute atomic E-state index is 0.109. The molecule has 1 aliphatic rings. The van der Waals surface area contributed by atoms with Gasteiger partial charge in [-0.2, -0.15) is 13.2 Å². The number of hydrogen-bond acceptors (Lipinski definition) is 7. The molecule has 194 valence electrons. The van der Waals surface area contributed by atoms with Crippen molar-refractivity contribution in [1.29, 1.82) is 0 Å². The van der Waals surface area contributed by atoms with Crippen molar-refractivity contribution in [3.63, 3.8) is 0 Å². The number of nitro groups is 1. The number of carbonyl (C=O) groups is 1. The van der Waals surface area contributed by atoms with E-state index in [-0.39, 0.29) is 43.5 Å². The summed E-state index contributed by atoms with van der Waals surface area (Å²) in [5, 5.41) is 10.9. The maximum Gasteiger partial charge on any atom is 0.451 e. The second-order valence-electron chi connectivity index (χ2n) is 8.50. The SMILES string of the molecule is O=C(c1ccc([N+](=O)[O-])o1)N1CCN(c2nc(C(F)(F)F)nc(-c3ccccc3)c2-c2ccccc2)CC1. The van der Waals surface area contributed by atoms with Crippen LogP contribution < -0.4 is 4.90 Å². The maximum atomic E-state index is 13.9. The number of hydrogen-bond donors (Lipinski definition) is 0. The van der Waals surface area contributed by atoms with Gasteiger partial charge in [-0.05, 0) is 11.6 Å². The van der Waals surface area contributed by atoms with Crippen LogP contribution >= 0.6 is 0 Å². The van der Waals surface area contributed by atoms with Crippen LogP contribution in [0.1, 0.15) is 16.4 Å². The fourth-order valence-electron chi connectivity index (χ4n) is 4.30. The van der Waals surface area contributed by atoms with Gasteiger partial charge in [0.05, 0.1) is 17.3 Å². The number of furan rings is 1. The van der Waals surface area contributed by atoms with Gasteiger partial charge in [0.2, 0.25) is 5.82 Å². The van der Waals surface area contributed by atoms with Crippen molar-refractivity contribution < 1.29 is 27.3 Å². The van der Waals surface area contributed by atoms with Crippen molar-refractivity contribution in [2.45, 2.75) is 6.18 Å². The quantitative estimate of drug-likeness (QED) is 0.258. The molecule has 1 aliphatic heterocycles. The van der Waals surface area contributed by atoms with Gasteiger partial charge in [0.15, 0.2) is 5.76 Å². The Morgan fingerprint density at radius 3 is 2.03 bits per heavy atom. The van der Waals surface area contributed by atoms with E-state index in [4.69, 9.17) is 4.42 Å². The second kappa shape index (κ2) is 9.96. The third-order valence-electron chi connectivity index (χ3n) is 6.10. The first kappa shape index (κ1) is 24.9. The van der Waals surface area contributed by atoms with E-state index >= 15 is 0 Å². The second-order valence-corrected chi connectivity index (χ2v) is 8.50. The molecule has 0 radical (unpaired) electrons. The van der Waals surface area contributed by atoms with Crippen molar-refractivity contribution in [1.82, 2.24) is 14.9 Å². The van der Waals surface area contributed by atoms with Crippen LogP contribution in [-0.2, 0) is 6.18 Å². The number of alkyl halides is 3. The van der Waals surface area contributed by atoms with Gasteiger partial charge in [-0.3, -0.25) is 14.9 Å². The van der Waals surface area contributed by atoms with Crippen molar-refractivity contribution in [3.05, 3.63) is 94.5 Å². The van der Waals surface area contributed by atoms with E-state index in [0.29, 0.717) is 16.7 Å². The summed E-state index contributed by atoms with van der Waals surface area (Å²) in [6.45, 7) is 0.648. The third-order valence-corrected chi connectivity index (χ3v) is 6.10. The van der Waals surface area contributed by atoms with E-state index in [0.717, 1.165) is 6.07 Å². The number of nitrogens with zero attached hydrogens (tertiary/aromatic N) is 5. The lowest BCUT2D eigenvalue weighted by Gasteiger charge is -2.36. The molecule has 38 heavy (non-hydrogen) atoms. The smallest absolute Gasteiger partial charge is 0.395 e. The number of halogens is 3. The molecule has 5 rings (SSSR count). The summed E-state index contributed by atoms with van der Waals surface area (Å²) in [5.74, 6) is -2.41. The Kier molecular flexibility index (Phi) is 6.53. The zero-order chi connectivity index (χ0) is 26.9. The first-order valence-corrected chi connectivity index (χ1v) is 11.6. The van der Waals surface area contributed by atoms with E-state index in [9.17, 15) is 28.1 Å². The van der Waals surface area contributed by atoms with Crippen molar-refractivity contribution in [2.24, 2.45) is 0 Å². The molecule has 0 atom stereocenters. The molecule has 9 nitrogen and oxygen atoms in total. The normalized spacial score (nSPS) is 14.0. The van der Waals surface area contributed by atoms with Crippen LogP contribution in [0.2, 0.25) is 0 Å². The van der Waals surface area contributed by atoms with Crippen LogP contribution in [0.15, 0.2) is 77.2 Å². The van der Waals surface area contributed by atoms with Crippen LogP contribution in [0, 0.1) is 10.1 Å². The number of aromatic nitrogens is 2. The van der Waals surface area contributed by atoms with Gasteiger partial charge in [-0.1, -0.05) is 60.7 Å². The highest BCUT2D eigenvalue weighted by Crippen LogP contribution is 2.40. The van der Waals surface area contributed by atoms with Gasteiger partial charge in [0.25, 0.3) is 5.91 Å². The van der Waals surface area contributed by atoms with Crippen LogP contribution in [0.3, 0.4) is 0 Å². The Morgan fingerprint density at radius 1 is 0.868 bits per heavy atom. The number of benzene rings is 2. The van der Waals surface area contributed by atoms with E-state index in [1.165, 1.54) is 11.0 Å². The zero-order valence-electron chi connectivity index (χ0n) is 19.8. The summed E-state index contributed by atoms with van der Waals surface area (Å²) in [5.41, 5.74) is 1.76. The summed E-state index contributed by atoms with van der Waals surface area (Å²) in [4.78, 5) is 34.0. The van der Waals surface area contributed by atoms with E-state index in [1.54, 1.807) is 65.6 Å². The fourth-order valence-corrected chi connectivity index (χ4v) is 4.30. The highest BCUT2D eigenvalue weighted by molar-refractivity contribution is 5.92. The molecule has 0 N–H and O–H groups in total. The largest absolute Gasteiger partial charge is 0.451 e. The summed E-state index contributed by atoms with van der Waals surface area (Å²) < 4.78 is 46.8. The molecular formula is C26H20F3N5O4. The van der Waals surface area contributed by atoms with Gasteiger partial charge >= 0.3 is 12.1 Å². The monoisotopic (exact) mass is 523 g/mol. The molecule has 12 heteroatoms. The third kappa shape index (κ3) is 4.92. The minimum atomic E-state index is -4.78. The molecular weight excluding hydrogens is 503 g/mol. The van der Waals surface area contributed by atoms with Gasteiger partial charge in [-0.25, -0.2) is 9.97 Å². The Morgan fingerprint density at radius 2 is 1.47 bits per heavy atom. The molecule has 1 saturated heterocycles. The predicted octanol–water partition coefficient (Wildman–Crippen LogP) is 5.29. The van der Waals surface area contributed by atoms with Crippen molar-refractivity contribution in [3.8, 4) is 22.4 Å². The molecule has 1 fully saturated rings. The van der Waals surface area contributed by atoms with E-state index in [1.807, 2.05) is 0 Å². The fraction of sp³-hybridized carbons (Fsp3) is 0.192. The maximum absolute atomic E-state index is 13.9. The standard InChI is InChI=1S/C26H20F3N5O4/c27-26(28,29)25-30-22(18-9-5-2-6-10-18)21(17-7-3-1-4-8-17)23(31-25)32-13-15-33(16-14-32)24(35)19-11-12-20(38-19)34(36)37/h1-12H,13-16H2. The number of anilines is 1.